The Balaban J connectivity index is 1.79. The predicted molar refractivity (Wildman–Crippen MR) is 112 cm³/mol. The van der Waals surface area contributed by atoms with Gasteiger partial charge in [0.2, 0.25) is 0 Å². The van der Waals surface area contributed by atoms with Gasteiger partial charge in [-0.15, -0.1) is 0 Å². The fourth-order valence-corrected chi connectivity index (χ4v) is 2.92. The number of hydrogen-bond acceptors (Lipinski definition) is 4. The molecule has 0 bridgehead atoms. The molecular formula is C22H18BrNO4. The summed E-state index contributed by atoms with van der Waals surface area (Å²) in [4.78, 5) is 25.2. The highest BCUT2D eigenvalue weighted by atomic mass is 79.9. The highest BCUT2D eigenvalue weighted by molar-refractivity contribution is 9.10. The number of ketones is 1. The fraction of sp³-hybridized carbons (Fsp3) is 0.0909. The Kier molecular flexibility index (Phi) is 6.11. The topological polar surface area (TPSA) is 64.6 Å². The van der Waals surface area contributed by atoms with Crippen LogP contribution in [0.4, 0.5) is 5.69 Å². The van der Waals surface area contributed by atoms with Gasteiger partial charge < -0.3 is 14.8 Å². The van der Waals surface area contributed by atoms with Crippen LogP contribution in [-0.4, -0.2) is 25.9 Å². The van der Waals surface area contributed by atoms with Crippen molar-refractivity contribution in [3.05, 3.63) is 87.9 Å². The summed E-state index contributed by atoms with van der Waals surface area (Å²) in [7, 11) is 3.04. The van der Waals surface area contributed by atoms with Crippen LogP contribution in [-0.2, 0) is 0 Å². The van der Waals surface area contributed by atoms with Crippen LogP contribution in [0.5, 0.6) is 11.5 Å². The van der Waals surface area contributed by atoms with Crippen molar-refractivity contribution in [3.8, 4) is 11.5 Å². The molecule has 0 aliphatic heterocycles. The minimum Gasteiger partial charge on any atom is -0.497 e. The second kappa shape index (κ2) is 8.71. The summed E-state index contributed by atoms with van der Waals surface area (Å²) in [5, 5.41) is 2.82. The molecule has 142 valence electrons. The van der Waals surface area contributed by atoms with E-state index in [2.05, 4.69) is 21.2 Å². The number of hydrogen-bond donors (Lipinski definition) is 1. The Morgan fingerprint density at radius 3 is 2.07 bits per heavy atom. The number of rotatable bonds is 6. The van der Waals surface area contributed by atoms with E-state index in [-0.39, 0.29) is 11.7 Å². The molecule has 0 spiro atoms. The van der Waals surface area contributed by atoms with Crippen molar-refractivity contribution in [1.29, 1.82) is 0 Å². The van der Waals surface area contributed by atoms with E-state index in [1.807, 2.05) is 12.1 Å². The molecule has 0 heterocycles. The number of nitrogens with one attached hydrogen (secondary N) is 1. The summed E-state index contributed by atoms with van der Waals surface area (Å²) in [5.74, 6) is 0.563. The van der Waals surface area contributed by atoms with Gasteiger partial charge in [0.05, 0.1) is 19.8 Å². The number of halogens is 1. The van der Waals surface area contributed by atoms with Crippen LogP contribution in [0.25, 0.3) is 0 Å². The van der Waals surface area contributed by atoms with Crippen molar-refractivity contribution in [2.75, 3.05) is 19.5 Å². The number of carbonyl (C=O) groups excluding carboxylic acids is 2. The lowest BCUT2D eigenvalue weighted by molar-refractivity contribution is 0.101. The number of amides is 1. The third-order valence-corrected chi connectivity index (χ3v) is 4.69. The second-order valence-corrected chi connectivity index (χ2v) is 6.85. The van der Waals surface area contributed by atoms with E-state index in [1.165, 1.54) is 14.2 Å². The number of methoxy groups -OCH3 is 2. The molecule has 1 N–H and O–H groups in total. The number of benzene rings is 3. The molecule has 3 aromatic rings. The maximum absolute atomic E-state index is 12.9. The third-order valence-electron chi connectivity index (χ3n) is 4.16. The molecule has 0 saturated carbocycles. The smallest absolute Gasteiger partial charge is 0.255 e. The van der Waals surface area contributed by atoms with Gasteiger partial charge in [0.1, 0.15) is 11.5 Å². The van der Waals surface area contributed by atoms with Crippen LogP contribution in [0.3, 0.4) is 0 Å². The molecule has 0 aliphatic rings. The van der Waals surface area contributed by atoms with Crippen LogP contribution in [0, 0.1) is 0 Å². The van der Waals surface area contributed by atoms with Crippen molar-refractivity contribution in [2.24, 2.45) is 0 Å². The van der Waals surface area contributed by atoms with Crippen molar-refractivity contribution in [1.82, 2.24) is 0 Å². The summed E-state index contributed by atoms with van der Waals surface area (Å²) >= 11 is 3.36. The van der Waals surface area contributed by atoms with Gasteiger partial charge in [0.25, 0.3) is 5.91 Å². The minimum absolute atomic E-state index is 0.212. The van der Waals surface area contributed by atoms with Gasteiger partial charge in [-0.05, 0) is 54.6 Å². The van der Waals surface area contributed by atoms with Crippen LogP contribution in [0.2, 0.25) is 0 Å². The summed E-state index contributed by atoms with van der Waals surface area (Å²) in [5.41, 5.74) is 1.99. The third kappa shape index (κ3) is 4.40. The lowest BCUT2D eigenvalue weighted by Gasteiger charge is -2.10. The van der Waals surface area contributed by atoms with E-state index in [0.717, 1.165) is 4.47 Å². The first-order valence-electron chi connectivity index (χ1n) is 8.45. The van der Waals surface area contributed by atoms with E-state index in [0.29, 0.717) is 33.9 Å². The Labute approximate surface area is 171 Å². The van der Waals surface area contributed by atoms with Gasteiger partial charge in [-0.3, -0.25) is 9.59 Å². The molecule has 0 radical (unpaired) electrons. The van der Waals surface area contributed by atoms with Gasteiger partial charge >= 0.3 is 0 Å². The summed E-state index contributed by atoms with van der Waals surface area (Å²) in [6.45, 7) is 0. The zero-order valence-corrected chi connectivity index (χ0v) is 16.9. The molecule has 0 saturated heterocycles. The van der Waals surface area contributed by atoms with Gasteiger partial charge in [-0.1, -0.05) is 28.1 Å². The van der Waals surface area contributed by atoms with E-state index in [9.17, 15) is 9.59 Å². The number of ether oxygens (including phenoxy) is 2. The molecule has 0 fully saturated rings. The molecule has 5 nitrogen and oxygen atoms in total. The van der Waals surface area contributed by atoms with Gasteiger partial charge in [-0.25, -0.2) is 0 Å². The van der Waals surface area contributed by atoms with Crippen LogP contribution in [0.15, 0.2) is 71.2 Å². The second-order valence-electron chi connectivity index (χ2n) is 5.93. The number of carbonyl (C=O) groups is 2. The summed E-state index contributed by atoms with van der Waals surface area (Å²) in [6, 6.07) is 18.8. The van der Waals surface area contributed by atoms with Crippen LogP contribution < -0.4 is 14.8 Å². The first kappa shape index (κ1) is 19.6. The first-order chi connectivity index (χ1) is 13.5. The first-order valence-corrected chi connectivity index (χ1v) is 9.25. The largest absolute Gasteiger partial charge is 0.497 e. The van der Waals surface area contributed by atoms with Gasteiger partial charge in [0, 0.05) is 21.3 Å². The van der Waals surface area contributed by atoms with E-state index in [4.69, 9.17) is 9.47 Å². The molecule has 0 unspecified atom stereocenters. The predicted octanol–water partition coefficient (Wildman–Crippen LogP) is 4.95. The molecule has 0 aliphatic carbocycles. The maximum atomic E-state index is 12.9. The highest BCUT2D eigenvalue weighted by Crippen LogP contribution is 2.26. The molecule has 6 heteroatoms. The van der Waals surface area contributed by atoms with Crippen molar-refractivity contribution in [3.63, 3.8) is 0 Å². The standard InChI is InChI=1S/C22H18BrNO4/c1-27-18-11-12-20(28-2)19(13-18)21(25)14-3-5-15(6-4-14)22(26)24-17-9-7-16(23)8-10-17/h3-13H,1-2H3,(H,24,26). The normalized spacial score (nSPS) is 10.2. The Morgan fingerprint density at radius 2 is 1.46 bits per heavy atom. The van der Waals surface area contributed by atoms with Crippen LogP contribution in [0.1, 0.15) is 26.3 Å². The van der Waals surface area contributed by atoms with Crippen molar-refractivity contribution >= 4 is 33.3 Å². The van der Waals surface area contributed by atoms with Crippen molar-refractivity contribution in [2.45, 2.75) is 0 Å². The Hall–Kier alpha value is -3.12. The molecule has 28 heavy (non-hydrogen) atoms. The average molecular weight is 440 g/mol. The molecule has 3 aromatic carbocycles. The maximum Gasteiger partial charge on any atom is 0.255 e. The van der Waals surface area contributed by atoms with E-state index in [1.54, 1.807) is 54.6 Å². The summed E-state index contributed by atoms with van der Waals surface area (Å²) < 4.78 is 11.4. The zero-order valence-electron chi connectivity index (χ0n) is 15.4. The Bertz CT molecular complexity index is 998. The highest BCUT2D eigenvalue weighted by Gasteiger charge is 2.16. The molecular weight excluding hydrogens is 422 g/mol. The van der Waals surface area contributed by atoms with Gasteiger partial charge in [0.15, 0.2) is 5.78 Å². The lowest BCUT2D eigenvalue weighted by atomic mass is 10.0. The molecule has 0 atom stereocenters. The minimum atomic E-state index is -0.250. The Morgan fingerprint density at radius 1 is 0.821 bits per heavy atom. The molecule has 0 aromatic heterocycles. The molecule has 1 amide bonds. The van der Waals surface area contributed by atoms with E-state index >= 15 is 0 Å². The summed E-state index contributed by atoms with van der Waals surface area (Å²) in [6.07, 6.45) is 0. The van der Waals surface area contributed by atoms with E-state index < -0.39 is 0 Å². The van der Waals surface area contributed by atoms with Crippen molar-refractivity contribution < 1.29 is 19.1 Å². The lowest BCUT2D eigenvalue weighted by Crippen LogP contribution is -2.12. The fourth-order valence-electron chi connectivity index (χ4n) is 2.66. The van der Waals surface area contributed by atoms with Crippen LogP contribution >= 0.6 is 15.9 Å². The quantitative estimate of drug-likeness (QED) is 0.551. The van der Waals surface area contributed by atoms with Gasteiger partial charge in [-0.2, -0.15) is 0 Å². The average Bonchev–Trinajstić information content (AvgIpc) is 2.74. The number of anilines is 1. The monoisotopic (exact) mass is 439 g/mol. The molecule has 3 rings (SSSR count). The SMILES string of the molecule is COc1ccc(OC)c(C(=O)c2ccc(C(=O)Nc3ccc(Br)cc3)cc2)c1. The zero-order chi connectivity index (χ0) is 20.1.